The van der Waals surface area contributed by atoms with Crippen molar-refractivity contribution in [1.29, 1.82) is 5.41 Å². The molecule has 34 heavy (non-hydrogen) atoms. The molecule has 5 N–H and O–H groups in total. The number of carbonyl (C=O) groups excluding carboxylic acids is 1. The summed E-state index contributed by atoms with van der Waals surface area (Å²) in [6.07, 6.45) is -0.0256. The lowest BCUT2D eigenvalue weighted by Crippen LogP contribution is -2.42. The lowest BCUT2D eigenvalue weighted by atomic mass is 10.1. The third kappa shape index (κ3) is 6.74. The van der Waals surface area contributed by atoms with E-state index >= 15 is 0 Å². The van der Waals surface area contributed by atoms with Crippen molar-refractivity contribution in [3.63, 3.8) is 0 Å². The highest BCUT2D eigenvalue weighted by atomic mass is 32.2. The van der Waals surface area contributed by atoms with E-state index in [1.54, 1.807) is 30.3 Å². The van der Waals surface area contributed by atoms with Crippen LogP contribution < -0.4 is 15.2 Å². The Morgan fingerprint density at radius 2 is 1.50 bits per heavy atom. The number of carboxylic acid groups (broad SMARTS) is 1. The molecule has 0 saturated heterocycles. The van der Waals surface area contributed by atoms with Crippen molar-refractivity contribution < 1.29 is 27.9 Å². The summed E-state index contributed by atoms with van der Waals surface area (Å²) in [6, 6.07) is 18.2. The van der Waals surface area contributed by atoms with Gasteiger partial charge in [-0.1, -0.05) is 37.8 Å². The Morgan fingerprint density at radius 3 is 2.03 bits per heavy atom. The van der Waals surface area contributed by atoms with E-state index < -0.39 is 28.0 Å². The Morgan fingerprint density at radius 1 is 0.941 bits per heavy atom. The minimum absolute atomic E-state index is 0. The lowest BCUT2D eigenvalue weighted by molar-refractivity contribution is -0.138. The molecular weight excluding hydrogens is 458 g/mol. The number of benzene rings is 3. The number of esters is 1. The first-order valence-corrected chi connectivity index (χ1v) is 11.2. The molecule has 0 spiro atoms. The number of rotatable bonds is 9. The Kier molecular flexibility index (Phi) is 8.65. The first kappa shape index (κ1) is 26.2. The third-order valence-electron chi connectivity index (χ3n) is 4.65. The number of nitrogens with one attached hydrogen (secondary N) is 2. The van der Waals surface area contributed by atoms with Crippen LogP contribution in [-0.2, 0) is 21.2 Å². The number of hydrogen-bond donors (Lipinski definition) is 4. The molecule has 3 aromatic rings. The van der Waals surface area contributed by atoms with E-state index in [1.165, 1.54) is 48.5 Å². The van der Waals surface area contributed by atoms with Crippen LogP contribution in [0.2, 0.25) is 0 Å². The number of nitrogen functional groups attached to an aromatic ring is 1. The molecule has 178 valence electrons. The fourth-order valence-corrected chi connectivity index (χ4v) is 4.11. The Balaban J connectivity index is 0.00000408. The van der Waals surface area contributed by atoms with Crippen LogP contribution in [0.3, 0.4) is 0 Å². The molecule has 1 atom stereocenters. The highest BCUT2D eigenvalue weighted by Gasteiger charge is 2.26. The molecule has 3 aromatic carbocycles. The molecule has 0 aliphatic carbocycles. The van der Waals surface area contributed by atoms with Crippen LogP contribution in [-0.4, -0.2) is 37.3 Å². The summed E-state index contributed by atoms with van der Waals surface area (Å²) in [4.78, 5) is 23.7. The first-order chi connectivity index (χ1) is 15.7. The van der Waals surface area contributed by atoms with E-state index in [-0.39, 0.29) is 35.9 Å². The summed E-state index contributed by atoms with van der Waals surface area (Å²) in [5.41, 5.74) is 6.62. The third-order valence-corrected chi connectivity index (χ3v) is 6.14. The monoisotopic (exact) mass is 483 g/mol. The van der Waals surface area contributed by atoms with E-state index in [2.05, 4.69) is 4.72 Å². The number of carbonyl (C=O) groups is 2. The van der Waals surface area contributed by atoms with Crippen LogP contribution >= 0.6 is 0 Å². The van der Waals surface area contributed by atoms with Gasteiger partial charge in [0.15, 0.2) is 0 Å². The number of ether oxygens (including phenoxy) is 1. The van der Waals surface area contributed by atoms with Gasteiger partial charge in [0.25, 0.3) is 0 Å². The van der Waals surface area contributed by atoms with E-state index in [0.717, 1.165) is 0 Å². The highest BCUT2D eigenvalue weighted by molar-refractivity contribution is 7.89. The van der Waals surface area contributed by atoms with Crippen LogP contribution in [0, 0.1) is 5.41 Å². The average Bonchev–Trinajstić information content (AvgIpc) is 2.79. The number of amidine groups is 1. The van der Waals surface area contributed by atoms with Crippen molar-refractivity contribution in [3.05, 3.63) is 95.6 Å². The topological polar surface area (TPSA) is 160 Å². The predicted molar refractivity (Wildman–Crippen MR) is 127 cm³/mol. The zero-order chi connectivity index (χ0) is 24.0. The molecule has 0 saturated carbocycles. The SMILES string of the molecule is C.N=C(N)c1ccc(OC(=O)c2ccc(S(=O)(=O)N[C@H](Cc3ccccc3)C(=O)O)cc2)cc1. The van der Waals surface area contributed by atoms with Crippen LogP contribution in [0.4, 0.5) is 0 Å². The van der Waals surface area contributed by atoms with Gasteiger partial charge in [0.2, 0.25) is 10.0 Å². The van der Waals surface area contributed by atoms with Gasteiger partial charge in [0.05, 0.1) is 10.5 Å². The molecule has 10 heteroatoms. The largest absolute Gasteiger partial charge is 0.480 e. The zero-order valence-electron chi connectivity index (χ0n) is 17.3. The minimum Gasteiger partial charge on any atom is -0.480 e. The van der Waals surface area contributed by atoms with Crippen molar-refractivity contribution in [1.82, 2.24) is 4.72 Å². The van der Waals surface area contributed by atoms with Crippen molar-refractivity contribution in [2.75, 3.05) is 0 Å². The normalized spacial score (nSPS) is 11.6. The molecule has 0 unspecified atom stereocenters. The molecule has 9 nitrogen and oxygen atoms in total. The number of sulfonamides is 1. The summed E-state index contributed by atoms with van der Waals surface area (Å²) in [6.45, 7) is 0. The second-order valence-corrected chi connectivity index (χ2v) is 8.77. The fraction of sp³-hybridized carbons (Fsp3) is 0.125. The van der Waals surface area contributed by atoms with Crippen LogP contribution in [0.15, 0.2) is 83.8 Å². The smallest absolute Gasteiger partial charge is 0.343 e. The number of carboxylic acids is 1. The van der Waals surface area contributed by atoms with Crippen molar-refractivity contribution in [2.45, 2.75) is 24.8 Å². The molecule has 0 radical (unpaired) electrons. The van der Waals surface area contributed by atoms with E-state index in [0.29, 0.717) is 11.1 Å². The summed E-state index contributed by atoms with van der Waals surface area (Å²) in [5.74, 6) is -1.91. The zero-order valence-corrected chi connectivity index (χ0v) is 18.1. The standard InChI is InChI=1S/C23H21N3O6S.CH4/c24-21(25)16-6-10-18(11-7-16)32-23(29)17-8-12-19(13-9-17)33(30,31)26-20(22(27)28)14-15-4-2-1-3-5-15;/h1-13,20,26H,14H2,(H3,24,25)(H,27,28);1H4/t20-;/m1./s1. The Bertz CT molecular complexity index is 1260. The van der Waals surface area contributed by atoms with Crippen LogP contribution in [0.5, 0.6) is 5.75 Å². The lowest BCUT2D eigenvalue weighted by Gasteiger charge is -2.15. The molecule has 0 aliphatic rings. The number of aliphatic carboxylic acids is 1. The maximum atomic E-state index is 12.7. The minimum atomic E-state index is -4.15. The molecule has 0 bridgehead atoms. The van der Waals surface area contributed by atoms with Gasteiger partial charge in [-0.15, -0.1) is 0 Å². The molecule has 0 heterocycles. The van der Waals surface area contributed by atoms with Crippen molar-refractivity contribution >= 4 is 27.8 Å². The summed E-state index contributed by atoms with van der Waals surface area (Å²) >= 11 is 0. The van der Waals surface area contributed by atoms with Gasteiger partial charge in [-0.25, -0.2) is 13.2 Å². The first-order valence-electron chi connectivity index (χ1n) is 9.71. The van der Waals surface area contributed by atoms with E-state index in [9.17, 15) is 23.1 Å². The average molecular weight is 484 g/mol. The highest BCUT2D eigenvalue weighted by Crippen LogP contribution is 2.17. The van der Waals surface area contributed by atoms with Gasteiger partial charge in [-0.2, -0.15) is 4.72 Å². The van der Waals surface area contributed by atoms with Crippen LogP contribution in [0.1, 0.15) is 28.9 Å². The fourth-order valence-electron chi connectivity index (χ4n) is 2.92. The summed E-state index contributed by atoms with van der Waals surface area (Å²) in [5, 5.41) is 16.8. The Hall–Kier alpha value is -4.02. The van der Waals surface area contributed by atoms with E-state index in [4.69, 9.17) is 15.9 Å². The van der Waals surface area contributed by atoms with Gasteiger partial charge in [0, 0.05) is 5.56 Å². The molecule has 0 amide bonds. The number of nitrogens with two attached hydrogens (primary N) is 1. The second-order valence-electron chi connectivity index (χ2n) is 7.05. The van der Waals surface area contributed by atoms with Crippen molar-refractivity contribution in [2.24, 2.45) is 5.73 Å². The van der Waals surface area contributed by atoms with Crippen LogP contribution in [0.25, 0.3) is 0 Å². The molecular formula is C24H25N3O6S. The maximum absolute atomic E-state index is 12.7. The molecule has 0 aromatic heterocycles. The van der Waals surface area contributed by atoms with Gasteiger partial charge < -0.3 is 15.6 Å². The van der Waals surface area contributed by atoms with Gasteiger partial charge in [-0.3, -0.25) is 10.2 Å². The predicted octanol–water partition coefficient (Wildman–Crippen LogP) is 2.80. The summed E-state index contributed by atoms with van der Waals surface area (Å²) < 4.78 is 32.8. The van der Waals surface area contributed by atoms with E-state index in [1.807, 2.05) is 0 Å². The molecule has 0 fully saturated rings. The van der Waals surface area contributed by atoms with Crippen molar-refractivity contribution in [3.8, 4) is 5.75 Å². The Labute approximate surface area is 197 Å². The van der Waals surface area contributed by atoms with Gasteiger partial charge in [0.1, 0.15) is 17.6 Å². The quantitative estimate of drug-likeness (QED) is 0.158. The summed E-state index contributed by atoms with van der Waals surface area (Å²) in [7, 11) is -4.15. The van der Waals surface area contributed by atoms with Gasteiger partial charge in [-0.05, 0) is 60.5 Å². The maximum Gasteiger partial charge on any atom is 0.343 e. The van der Waals surface area contributed by atoms with Gasteiger partial charge >= 0.3 is 11.9 Å². The molecule has 0 aliphatic heterocycles. The second kappa shape index (κ2) is 11.2. The molecule has 3 rings (SSSR count). The number of hydrogen-bond acceptors (Lipinski definition) is 6.